The van der Waals surface area contributed by atoms with Gasteiger partial charge in [0.1, 0.15) is 11.6 Å². The van der Waals surface area contributed by atoms with Crippen molar-refractivity contribution in [3.63, 3.8) is 0 Å². The van der Waals surface area contributed by atoms with Gasteiger partial charge in [0.25, 0.3) is 5.91 Å². The molecule has 1 heterocycles. The van der Waals surface area contributed by atoms with Crippen molar-refractivity contribution in [1.29, 1.82) is 0 Å². The highest BCUT2D eigenvalue weighted by Gasteiger charge is 2.25. The Morgan fingerprint density at radius 3 is 2.54 bits per heavy atom. The van der Waals surface area contributed by atoms with Gasteiger partial charge >= 0.3 is 0 Å². The molecule has 2 aromatic rings. The fraction of sp³-hybridized carbons (Fsp3) is 0.300. The molecule has 0 radical (unpaired) electrons. The van der Waals surface area contributed by atoms with E-state index in [-0.39, 0.29) is 29.9 Å². The topological polar surface area (TPSA) is 53.9 Å². The van der Waals surface area contributed by atoms with E-state index < -0.39 is 5.82 Å². The zero-order chi connectivity index (χ0) is 19.9. The molecule has 8 heteroatoms. The van der Waals surface area contributed by atoms with Gasteiger partial charge in [0.05, 0.1) is 31.9 Å². The summed E-state index contributed by atoms with van der Waals surface area (Å²) in [5.41, 5.74) is 0.434. The fourth-order valence-electron chi connectivity index (χ4n) is 3.04. The summed E-state index contributed by atoms with van der Waals surface area (Å²) in [6.45, 7) is 2.69. The van der Waals surface area contributed by atoms with Crippen LogP contribution in [0.25, 0.3) is 0 Å². The minimum atomic E-state index is -0.398. The number of nitrogens with zero attached hydrogens (tertiary/aromatic N) is 1. The molecule has 0 spiro atoms. The van der Waals surface area contributed by atoms with Crippen molar-refractivity contribution in [2.24, 2.45) is 0 Å². The van der Waals surface area contributed by atoms with Gasteiger partial charge in [-0.2, -0.15) is 0 Å². The van der Waals surface area contributed by atoms with Crippen molar-refractivity contribution in [2.45, 2.75) is 4.90 Å². The molecule has 148 valence electrons. The average Bonchev–Trinajstić information content (AvgIpc) is 2.67. The maximum Gasteiger partial charge on any atom is 0.279 e. The zero-order valence-electron chi connectivity index (χ0n) is 15.3. The van der Waals surface area contributed by atoms with Crippen LogP contribution in [-0.4, -0.2) is 55.2 Å². The van der Waals surface area contributed by atoms with E-state index >= 15 is 0 Å². The van der Waals surface area contributed by atoms with E-state index in [0.717, 1.165) is 4.90 Å². The third-order valence-electron chi connectivity index (χ3n) is 4.53. The number of piperazine rings is 1. The Hall–Kier alpha value is -2.45. The summed E-state index contributed by atoms with van der Waals surface area (Å²) in [5, 5.41) is 2.69. The van der Waals surface area contributed by atoms with Gasteiger partial charge in [-0.15, -0.1) is 11.8 Å². The van der Waals surface area contributed by atoms with Crippen LogP contribution in [0.3, 0.4) is 0 Å². The predicted molar refractivity (Wildman–Crippen MR) is 104 cm³/mol. The molecule has 0 unspecified atom stereocenters. The average molecular weight is 406 g/mol. The van der Waals surface area contributed by atoms with Crippen LogP contribution in [-0.2, 0) is 9.59 Å². The van der Waals surface area contributed by atoms with Crippen LogP contribution >= 0.6 is 11.8 Å². The molecule has 0 saturated carbocycles. The number of carbonyl (C=O) groups is 2. The third-order valence-corrected chi connectivity index (χ3v) is 5.56. The molecule has 3 rings (SSSR count). The van der Waals surface area contributed by atoms with Crippen molar-refractivity contribution in [3.8, 4) is 0 Å². The Balaban J connectivity index is 1.40. The first-order valence-electron chi connectivity index (χ1n) is 9.05. The van der Waals surface area contributed by atoms with Gasteiger partial charge in [-0.25, -0.2) is 8.78 Å². The molecule has 2 aromatic carbocycles. The maximum atomic E-state index is 13.6. The third kappa shape index (κ3) is 5.77. The van der Waals surface area contributed by atoms with Crippen LogP contribution in [0.5, 0.6) is 0 Å². The largest absolute Gasteiger partial charge is 0.331 e. The number of quaternary nitrogens is 1. The first-order valence-corrected chi connectivity index (χ1v) is 10.0. The lowest BCUT2D eigenvalue weighted by Gasteiger charge is -2.31. The number of thioether (sulfide) groups is 1. The number of amides is 2. The summed E-state index contributed by atoms with van der Waals surface area (Å²) in [4.78, 5) is 27.8. The molecule has 2 amide bonds. The van der Waals surface area contributed by atoms with Crippen molar-refractivity contribution >= 4 is 29.3 Å². The van der Waals surface area contributed by atoms with E-state index in [2.05, 4.69) is 5.32 Å². The van der Waals surface area contributed by atoms with Gasteiger partial charge in [-0.1, -0.05) is 18.2 Å². The van der Waals surface area contributed by atoms with Crippen molar-refractivity contribution in [2.75, 3.05) is 43.8 Å². The molecular formula is C20H22F2N3O2S+. The molecule has 2 N–H and O–H groups in total. The first-order chi connectivity index (χ1) is 13.5. The van der Waals surface area contributed by atoms with Gasteiger partial charge in [0, 0.05) is 10.6 Å². The Kier molecular flexibility index (Phi) is 7.00. The van der Waals surface area contributed by atoms with Gasteiger partial charge in [-0.3, -0.25) is 9.59 Å². The van der Waals surface area contributed by atoms with Gasteiger partial charge in [0.15, 0.2) is 6.54 Å². The van der Waals surface area contributed by atoms with Crippen molar-refractivity contribution in [1.82, 2.24) is 4.90 Å². The molecule has 1 aliphatic heterocycles. The van der Waals surface area contributed by atoms with E-state index in [1.54, 1.807) is 35.2 Å². The summed E-state index contributed by atoms with van der Waals surface area (Å²) >= 11 is 1.19. The standard InChI is InChI=1S/C20H21F2N3O2S/c21-15-4-3-5-16(12-15)23-19(26)13-24-8-10-25(11-9-24)20(27)14-28-18-7-2-1-6-17(18)22/h1-7,12H,8-11,13-14H2,(H,23,26)/p+1. The monoisotopic (exact) mass is 406 g/mol. The highest BCUT2D eigenvalue weighted by molar-refractivity contribution is 8.00. The van der Waals surface area contributed by atoms with E-state index in [1.165, 1.54) is 30.0 Å². The number of nitrogens with one attached hydrogen (secondary N) is 2. The summed E-state index contributed by atoms with van der Waals surface area (Å²) in [6.07, 6.45) is 0. The molecule has 0 aromatic heterocycles. The van der Waals surface area contributed by atoms with Crippen molar-refractivity contribution in [3.05, 3.63) is 60.2 Å². The first kappa shape index (κ1) is 20.3. The summed E-state index contributed by atoms with van der Waals surface area (Å²) in [5.74, 6) is -0.743. The lowest BCUT2D eigenvalue weighted by atomic mass is 10.3. The SMILES string of the molecule is O=C(C[NH+]1CCN(C(=O)CSc2ccccc2F)CC1)Nc1cccc(F)c1. The number of rotatable bonds is 6. The van der Waals surface area contributed by atoms with E-state index in [1.807, 2.05) is 0 Å². The minimum absolute atomic E-state index is 0.0310. The molecule has 1 aliphatic rings. The lowest BCUT2D eigenvalue weighted by molar-refractivity contribution is -0.895. The number of carbonyl (C=O) groups excluding carboxylic acids is 2. The highest BCUT2D eigenvalue weighted by atomic mass is 32.2. The predicted octanol–water partition coefficient (Wildman–Crippen LogP) is 1.42. The van der Waals surface area contributed by atoms with Crippen LogP contribution in [0.4, 0.5) is 14.5 Å². The molecule has 5 nitrogen and oxygen atoms in total. The molecule has 0 bridgehead atoms. The molecule has 1 fully saturated rings. The minimum Gasteiger partial charge on any atom is -0.331 e. The van der Waals surface area contributed by atoms with Crippen LogP contribution < -0.4 is 10.2 Å². The smallest absolute Gasteiger partial charge is 0.279 e. The zero-order valence-corrected chi connectivity index (χ0v) is 16.1. The number of hydrogen-bond acceptors (Lipinski definition) is 3. The van der Waals surface area contributed by atoms with E-state index in [4.69, 9.17) is 0 Å². The molecule has 28 heavy (non-hydrogen) atoms. The highest BCUT2D eigenvalue weighted by Crippen LogP contribution is 2.21. The lowest BCUT2D eigenvalue weighted by Crippen LogP contribution is -3.15. The second-order valence-corrected chi connectivity index (χ2v) is 7.60. The molecule has 0 atom stereocenters. The Morgan fingerprint density at radius 2 is 1.82 bits per heavy atom. The summed E-state index contributed by atoms with van der Waals surface area (Å²) in [7, 11) is 0. The fourth-order valence-corrected chi connectivity index (χ4v) is 3.88. The summed E-state index contributed by atoms with van der Waals surface area (Å²) in [6, 6.07) is 12.2. The van der Waals surface area contributed by atoms with E-state index in [9.17, 15) is 18.4 Å². The van der Waals surface area contributed by atoms with Gasteiger partial charge < -0.3 is 15.1 Å². The molecule has 1 saturated heterocycles. The van der Waals surface area contributed by atoms with Gasteiger partial charge in [-0.05, 0) is 30.3 Å². The van der Waals surface area contributed by atoms with Crippen LogP contribution in [0.2, 0.25) is 0 Å². The molecular weight excluding hydrogens is 384 g/mol. The Labute approximate surface area is 166 Å². The number of anilines is 1. The second-order valence-electron chi connectivity index (χ2n) is 6.59. The van der Waals surface area contributed by atoms with Crippen LogP contribution in [0, 0.1) is 11.6 Å². The molecule has 0 aliphatic carbocycles. The van der Waals surface area contributed by atoms with E-state index in [0.29, 0.717) is 36.8 Å². The second kappa shape index (κ2) is 9.66. The summed E-state index contributed by atoms with van der Waals surface area (Å²) < 4.78 is 26.8. The van der Waals surface area contributed by atoms with Crippen LogP contribution in [0.15, 0.2) is 53.4 Å². The van der Waals surface area contributed by atoms with Crippen molar-refractivity contribution < 1.29 is 23.3 Å². The maximum absolute atomic E-state index is 13.6. The van der Waals surface area contributed by atoms with Crippen LogP contribution in [0.1, 0.15) is 0 Å². The Morgan fingerprint density at radius 1 is 1.07 bits per heavy atom. The number of benzene rings is 2. The number of halogens is 2. The normalized spacial score (nSPS) is 14.7. The Bertz CT molecular complexity index is 842. The van der Waals surface area contributed by atoms with Gasteiger partial charge in [0.2, 0.25) is 5.91 Å². The number of hydrogen-bond donors (Lipinski definition) is 2. The quantitative estimate of drug-likeness (QED) is 0.714.